The maximum Gasteiger partial charge on any atom is 0.419 e. The summed E-state index contributed by atoms with van der Waals surface area (Å²) in [6, 6.07) is 18.7. The third-order valence-corrected chi connectivity index (χ3v) is 5.50. The van der Waals surface area contributed by atoms with Gasteiger partial charge < -0.3 is 14.7 Å². The van der Waals surface area contributed by atoms with Crippen LogP contribution in [0.25, 0.3) is 22.8 Å². The standard InChI is InChI=1S/C25H21N5O4/c1-15-11-17(23(31)21(12-15)30-27-19-5-3-4-6-20(19)28-30)14-29(2)18-9-7-16(8-10-18)13-22-24(32)26-25(33)34-22/h3-13,31H,14H2,1-2H3,(H,26,32,33)/b22-13-. The molecular formula is C25H21N5O4. The molecule has 1 aromatic heterocycles. The van der Waals surface area contributed by atoms with Crippen molar-refractivity contribution >= 4 is 34.8 Å². The smallest absolute Gasteiger partial charge is 0.419 e. The van der Waals surface area contributed by atoms with Crippen molar-refractivity contribution in [2.24, 2.45) is 0 Å². The van der Waals surface area contributed by atoms with Gasteiger partial charge in [0, 0.05) is 24.8 Å². The van der Waals surface area contributed by atoms with Crippen LogP contribution in [-0.2, 0) is 16.1 Å². The van der Waals surface area contributed by atoms with Gasteiger partial charge in [-0.3, -0.25) is 10.1 Å². The van der Waals surface area contributed by atoms with Crippen molar-refractivity contribution in [2.45, 2.75) is 13.5 Å². The maximum atomic E-state index is 11.6. The molecule has 0 aliphatic carbocycles. The average Bonchev–Trinajstić information content (AvgIpc) is 3.38. The van der Waals surface area contributed by atoms with Crippen molar-refractivity contribution in [1.82, 2.24) is 20.3 Å². The lowest BCUT2D eigenvalue weighted by Gasteiger charge is -2.21. The van der Waals surface area contributed by atoms with Crippen molar-refractivity contribution in [3.63, 3.8) is 0 Å². The van der Waals surface area contributed by atoms with Gasteiger partial charge in [-0.15, -0.1) is 15.0 Å². The number of imide groups is 1. The van der Waals surface area contributed by atoms with Gasteiger partial charge in [-0.05, 0) is 54.5 Å². The average molecular weight is 455 g/mol. The third-order valence-electron chi connectivity index (χ3n) is 5.50. The number of phenols is 1. The van der Waals surface area contributed by atoms with E-state index < -0.39 is 12.0 Å². The van der Waals surface area contributed by atoms with Crippen molar-refractivity contribution in [2.75, 3.05) is 11.9 Å². The number of cyclic esters (lactones) is 1. The van der Waals surface area contributed by atoms with Crippen LogP contribution in [0.2, 0.25) is 0 Å². The lowest BCUT2D eigenvalue weighted by molar-refractivity contribution is -0.116. The van der Waals surface area contributed by atoms with Crippen LogP contribution < -0.4 is 10.2 Å². The van der Waals surface area contributed by atoms with Gasteiger partial charge in [-0.1, -0.05) is 30.3 Å². The SMILES string of the molecule is Cc1cc(CN(C)c2ccc(/C=C3\OC(=O)NC3=O)cc2)c(O)c(-n2nc3ccccc3n2)c1. The Hall–Kier alpha value is -4.66. The Bertz CT molecular complexity index is 1420. The van der Waals surface area contributed by atoms with E-state index in [2.05, 4.69) is 15.5 Å². The molecule has 2 N–H and O–H groups in total. The number of rotatable bonds is 5. The number of amides is 2. The first kappa shape index (κ1) is 21.2. The van der Waals surface area contributed by atoms with Gasteiger partial charge in [-0.25, -0.2) is 4.79 Å². The molecule has 5 rings (SSSR count). The van der Waals surface area contributed by atoms with Crippen LogP contribution in [-0.4, -0.2) is 39.1 Å². The first-order valence-corrected chi connectivity index (χ1v) is 10.6. The number of nitrogens with zero attached hydrogens (tertiary/aromatic N) is 4. The topological polar surface area (TPSA) is 110 Å². The number of alkyl carbamates (subject to hydrolysis) is 1. The van der Waals surface area contributed by atoms with Gasteiger partial charge >= 0.3 is 6.09 Å². The number of benzene rings is 3. The van der Waals surface area contributed by atoms with E-state index >= 15 is 0 Å². The number of phenolic OH excluding ortho intramolecular Hbond substituents is 1. The summed E-state index contributed by atoms with van der Waals surface area (Å²) in [7, 11) is 1.92. The van der Waals surface area contributed by atoms with Crippen molar-refractivity contribution in [3.8, 4) is 11.4 Å². The number of carbonyl (C=O) groups is 2. The summed E-state index contributed by atoms with van der Waals surface area (Å²) in [5, 5.41) is 22.1. The largest absolute Gasteiger partial charge is 0.505 e. The van der Waals surface area contributed by atoms with Gasteiger partial charge in [0.05, 0.1) is 0 Å². The highest BCUT2D eigenvalue weighted by atomic mass is 16.6. The summed E-state index contributed by atoms with van der Waals surface area (Å²) in [6.45, 7) is 2.41. The molecule has 1 aliphatic rings. The highest BCUT2D eigenvalue weighted by molar-refractivity contribution is 6.09. The Kier molecular flexibility index (Phi) is 5.21. The highest BCUT2D eigenvalue weighted by Gasteiger charge is 2.25. The van der Waals surface area contributed by atoms with Crippen LogP contribution in [0.1, 0.15) is 16.7 Å². The minimum Gasteiger partial charge on any atom is -0.505 e. The second-order valence-electron chi connectivity index (χ2n) is 8.07. The Balaban J connectivity index is 1.38. The number of aryl methyl sites for hydroxylation is 1. The molecule has 1 fully saturated rings. The van der Waals surface area contributed by atoms with E-state index in [9.17, 15) is 14.7 Å². The number of anilines is 1. The fraction of sp³-hybridized carbons (Fsp3) is 0.120. The molecule has 34 heavy (non-hydrogen) atoms. The molecule has 0 saturated carbocycles. The van der Waals surface area contributed by atoms with Gasteiger partial charge in [0.15, 0.2) is 5.76 Å². The zero-order valence-electron chi connectivity index (χ0n) is 18.5. The van der Waals surface area contributed by atoms with Crippen LogP contribution in [0.5, 0.6) is 5.75 Å². The second-order valence-corrected chi connectivity index (χ2v) is 8.07. The molecular weight excluding hydrogens is 434 g/mol. The lowest BCUT2D eigenvalue weighted by atomic mass is 10.1. The first-order chi connectivity index (χ1) is 16.4. The van der Waals surface area contributed by atoms with Gasteiger partial charge in [0.2, 0.25) is 0 Å². The molecule has 0 spiro atoms. The summed E-state index contributed by atoms with van der Waals surface area (Å²) in [6.07, 6.45) is 0.729. The Morgan fingerprint density at radius 3 is 2.35 bits per heavy atom. The van der Waals surface area contributed by atoms with E-state index in [4.69, 9.17) is 4.74 Å². The molecule has 170 valence electrons. The van der Waals surface area contributed by atoms with Crippen LogP contribution >= 0.6 is 0 Å². The zero-order chi connectivity index (χ0) is 23.8. The molecule has 0 unspecified atom stereocenters. The summed E-state index contributed by atoms with van der Waals surface area (Å²) < 4.78 is 4.84. The summed E-state index contributed by atoms with van der Waals surface area (Å²) in [5.41, 5.74) is 5.35. The molecule has 1 saturated heterocycles. The molecule has 4 aromatic rings. The Morgan fingerprint density at radius 2 is 1.74 bits per heavy atom. The van der Waals surface area contributed by atoms with Gasteiger partial charge in [0.1, 0.15) is 22.5 Å². The monoisotopic (exact) mass is 455 g/mol. The summed E-state index contributed by atoms with van der Waals surface area (Å²) in [4.78, 5) is 26.2. The number of hydrogen-bond acceptors (Lipinski definition) is 7. The quantitative estimate of drug-likeness (QED) is 0.442. The second kappa shape index (κ2) is 8.36. The number of hydrogen-bond donors (Lipinski definition) is 2. The van der Waals surface area contributed by atoms with E-state index in [1.807, 2.05) is 79.5 Å². The van der Waals surface area contributed by atoms with E-state index in [1.54, 1.807) is 0 Å². The minimum atomic E-state index is -0.775. The van der Waals surface area contributed by atoms with Crippen LogP contribution in [0.4, 0.5) is 10.5 Å². The van der Waals surface area contributed by atoms with Crippen LogP contribution in [0.3, 0.4) is 0 Å². The molecule has 9 heteroatoms. The summed E-state index contributed by atoms with van der Waals surface area (Å²) in [5.74, 6) is -0.479. The number of fused-ring (bicyclic) bond motifs is 1. The predicted molar refractivity (Wildman–Crippen MR) is 126 cm³/mol. The molecule has 0 bridgehead atoms. The van der Waals surface area contributed by atoms with Crippen molar-refractivity contribution in [1.29, 1.82) is 0 Å². The number of nitrogens with one attached hydrogen (secondary N) is 1. The summed E-state index contributed by atoms with van der Waals surface area (Å²) >= 11 is 0. The fourth-order valence-electron chi connectivity index (χ4n) is 3.82. The minimum absolute atomic E-state index is 0.0387. The Morgan fingerprint density at radius 1 is 1.06 bits per heavy atom. The molecule has 3 aromatic carbocycles. The number of ether oxygens (including phenoxy) is 1. The van der Waals surface area contributed by atoms with E-state index in [-0.39, 0.29) is 11.5 Å². The number of carbonyl (C=O) groups excluding carboxylic acids is 2. The molecule has 2 heterocycles. The van der Waals surface area contributed by atoms with E-state index in [1.165, 1.54) is 10.9 Å². The van der Waals surface area contributed by atoms with Crippen LogP contribution in [0, 0.1) is 6.92 Å². The third kappa shape index (κ3) is 4.06. The molecule has 0 atom stereocenters. The number of aromatic hydroxyl groups is 1. The van der Waals surface area contributed by atoms with Crippen molar-refractivity contribution < 1.29 is 19.4 Å². The van der Waals surface area contributed by atoms with Crippen molar-refractivity contribution in [3.05, 3.63) is 83.1 Å². The Labute approximate surface area is 194 Å². The highest BCUT2D eigenvalue weighted by Crippen LogP contribution is 2.30. The van der Waals surface area contributed by atoms with E-state index in [0.717, 1.165) is 33.4 Å². The first-order valence-electron chi connectivity index (χ1n) is 10.6. The molecule has 1 aliphatic heterocycles. The van der Waals surface area contributed by atoms with Gasteiger partial charge in [-0.2, -0.15) is 0 Å². The lowest BCUT2D eigenvalue weighted by Crippen LogP contribution is -2.18. The molecule has 0 radical (unpaired) electrons. The van der Waals surface area contributed by atoms with Gasteiger partial charge in [0.25, 0.3) is 5.91 Å². The van der Waals surface area contributed by atoms with Crippen LogP contribution in [0.15, 0.2) is 66.4 Å². The molecule has 2 amide bonds. The number of aromatic nitrogens is 3. The zero-order valence-corrected chi connectivity index (χ0v) is 18.5. The molecule has 9 nitrogen and oxygen atoms in total. The fourth-order valence-corrected chi connectivity index (χ4v) is 3.82. The predicted octanol–water partition coefficient (Wildman–Crippen LogP) is 3.68. The van der Waals surface area contributed by atoms with E-state index in [0.29, 0.717) is 12.2 Å². The normalized spacial score (nSPS) is 14.5. The maximum absolute atomic E-state index is 11.6.